The van der Waals surface area contributed by atoms with Gasteiger partial charge in [0.25, 0.3) is 0 Å². The number of rotatable bonds is 4. The van der Waals surface area contributed by atoms with Crippen LogP contribution in [-0.2, 0) is 5.41 Å². The number of para-hydroxylation sites is 1. The highest BCUT2D eigenvalue weighted by Crippen LogP contribution is 2.54. The molecule has 0 fully saturated rings. The molecule has 3 aromatic heterocycles. The molecular formula is C57H37NS2. The Bertz CT molecular complexity index is 3730. The van der Waals surface area contributed by atoms with Crippen LogP contribution in [0, 0.1) is 0 Å². The Balaban J connectivity index is 0.939. The SMILES string of the molecule is CC1(C)c2ccccc2-c2c1ccc1c2sc2c(-c3ccc(-c4ccc5c(c4)c4cc(-c6cccc7c6sc6ccccc67)ccc4n5-c4ccccc4)cc3)cccc21. The van der Waals surface area contributed by atoms with Gasteiger partial charge in [-0.25, -0.2) is 0 Å². The smallest absolute Gasteiger partial charge is 0.0541 e. The van der Waals surface area contributed by atoms with E-state index in [1.807, 2.05) is 22.7 Å². The van der Waals surface area contributed by atoms with Crippen molar-refractivity contribution in [2.45, 2.75) is 19.3 Å². The van der Waals surface area contributed by atoms with Gasteiger partial charge in [0.15, 0.2) is 0 Å². The zero-order valence-electron chi connectivity index (χ0n) is 33.2. The van der Waals surface area contributed by atoms with E-state index in [0.29, 0.717) is 0 Å². The molecule has 9 aromatic carbocycles. The maximum atomic E-state index is 2.42. The van der Waals surface area contributed by atoms with Crippen LogP contribution in [0.15, 0.2) is 188 Å². The Morgan fingerprint density at radius 2 is 0.933 bits per heavy atom. The lowest BCUT2D eigenvalue weighted by Gasteiger charge is -2.21. The fourth-order valence-corrected chi connectivity index (χ4v) is 12.9. The van der Waals surface area contributed by atoms with Gasteiger partial charge in [-0.15, -0.1) is 22.7 Å². The third kappa shape index (κ3) is 4.79. The maximum Gasteiger partial charge on any atom is 0.0541 e. The molecule has 0 spiro atoms. The van der Waals surface area contributed by atoms with Crippen LogP contribution >= 0.6 is 22.7 Å². The molecule has 0 saturated carbocycles. The van der Waals surface area contributed by atoms with Gasteiger partial charge in [-0.3, -0.25) is 0 Å². The molecular weight excluding hydrogens is 763 g/mol. The molecule has 0 N–H and O–H groups in total. The molecule has 13 rings (SSSR count). The Morgan fingerprint density at radius 1 is 0.367 bits per heavy atom. The third-order valence-electron chi connectivity index (χ3n) is 13.2. The molecule has 1 nitrogen and oxygen atoms in total. The third-order valence-corrected chi connectivity index (χ3v) is 15.7. The second kappa shape index (κ2) is 12.6. The fraction of sp³-hybridized carbons (Fsp3) is 0.0526. The van der Waals surface area contributed by atoms with E-state index in [1.54, 1.807) is 0 Å². The Morgan fingerprint density at radius 3 is 1.73 bits per heavy atom. The van der Waals surface area contributed by atoms with Crippen molar-refractivity contribution in [2.75, 3.05) is 0 Å². The van der Waals surface area contributed by atoms with Crippen molar-refractivity contribution in [2.24, 2.45) is 0 Å². The van der Waals surface area contributed by atoms with Crippen molar-refractivity contribution in [1.82, 2.24) is 4.57 Å². The molecule has 0 radical (unpaired) electrons. The van der Waals surface area contributed by atoms with Crippen LogP contribution in [0.2, 0.25) is 0 Å². The minimum Gasteiger partial charge on any atom is -0.309 e. The van der Waals surface area contributed by atoms with E-state index in [4.69, 9.17) is 0 Å². The summed E-state index contributed by atoms with van der Waals surface area (Å²) in [5.74, 6) is 0. The first kappa shape index (κ1) is 34.1. The zero-order valence-corrected chi connectivity index (χ0v) is 34.8. The lowest BCUT2D eigenvalue weighted by atomic mass is 9.82. The van der Waals surface area contributed by atoms with E-state index in [1.165, 1.54) is 123 Å². The molecule has 1 aliphatic carbocycles. The van der Waals surface area contributed by atoms with Gasteiger partial charge in [-0.05, 0) is 92.5 Å². The van der Waals surface area contributed by atoms with Crippen molar-refractivity contribution in [3.05, 3.63) is 199 Å². The number of thiophene rings is 2. The standard InChI is InChI=1S/C57H37NS2/c1-57(2)48-20-8-6-15-45(48)53-49(57)29-28-44-43-19-10-16-39(55(43)60-56(44)53)35-24-22-34(23-25-35)36-26-30-50-46(32-36)47-33-37(27-31-51(47)58(50)38-12-4-3-5-13-38)40-17-11-18-42-41-14-7-9-21-52(41)59-54(40)42/h3-33H,1-2H3. The summed E-state index contributed by atoms with van der Waals surface area (Å²) < 4.78 is 7.85. The van der Waals surface area contributed by atoms with Crippen LogP contribution in [-0.4, -0.2) is 4.57 Å². The Labute approximate surface area is 356 Å². The van der Waals surface area contributed by atoms with E-state index >= 15 is 0 Å². The monoisotopic (exact) mass is 799 g/mol. The summed E-state index contributed by atoms with van der Waals surface area (Å²) in [6.45, 7) is 4.74. The van der Waals surface area contributed by atoms with Crippen LogP contribution in [0.1, 0.15) is 25.0 Å². The van der Waals surface area contributed by atoms with E-state index < -0.39 is 0 Å². The molecule has 0 amide bonds. The van der Waals surface area contributed by atoms with E-state index in [9.17, 15) is 0 Å². The summed E-state index contributed by atoms with van der Waals surface area (Å²) in [5, 5.41) is 7.87. The fourth-order valence-electron chi connectivity index (χ4n) is 10.3. The van der Waals surface area contributed by atoms with Crippen LogP contribution in [0.4, 0.5) is 0 Å². The second-order valence-electron chi connectivity index (χ2n) is 16.8. The topological polar surface area (TPSA) is 4.93 Å². The molecule has 0 unspecified atom stereocenters. The summed E-state index contributed by atoms with van der Waals surface area (Å²) in [4.78, 5) is 0. The van der Waals surface area contributed by atoms with Gasteiger partial charge in [0.05, 0.1) is 11.0 Å². The first-order valence-electron chi connectivity index (χ1n) is 20.7. The van der Waals surface area contributed by atoms with E-state index in [2.05, 4.69) is 206 Å². The van der Waals surface area contributed by atoms with Gasteiger partial charge in [-0.1, -0.05) is 159 Å². The average Bonchev–Trinajstić information content (AvgIpc) is 4.03. The summed E-state index contributed by atoms with van der Waals surface area (Å²) in [6, 6.07) is 70.2. The molecule has 3 heterocycles. The summed E-state index contributed by atoms with van der Waals surface area (Å²) >= 11 is 3.85. The highest BCUT2D eigenvalue weighted by atomic mass is 32.1. The summed E-state index contributed by atoms with van der Waals surface area (Å²) in [7, 11) is 0. The molecule has 0 aliphatic heterocycles. The van der Waals surface area contributed by atoms with Gasteiger partial charge in [0.2, 0.25) is 0 Å². The number of hydrogen-bond donors (Lipinski definition) is 0. The molecule has 3 heteroatoms. The lowest BCUT2D eigenvalue weighted by molar-refractivity contribution is 0.661. The Kier molecular flexibility index (Phi) is 7.17. The first-order chi connectivity index (χ1) is 29.5. The molecule has 0 saturated heterocycles. The molecule has 60 heavy (non-hydrogen) atoms. The van der Waals surface area contributed by atoms with Crippen molar-refractivity contribution in [1.29, 1.82) is 0 Å². The van der Waals surface area contributed by atoms with Gasteiger partial charge in [0, 0.05) is 67.8 Å². The summed E-state index contributed by atoms with van der Waals surface area (Å²) in [5.41, 5.74) is 16.7. The number of benzene rings is 9. The van der Waals surface area contributed by atoms with Crippen molar-refractivity contribution < 1.29 is 0 Å². The van der Waals surface area contributed by atoms with Crippen LogP contribution < -0.4 is 0 Å². The first-order valence-corrected chi connectivity index (χ1v) is 22.4. The van der Waals surface area contributed by atoms with Gasteiger partial charge in [0.1, 0.15) is 0 Å². The predicted molar refractivity (Wildman–Crippen MR) is 260 cm³/mol. The van der Waals surface area contributed by atoms with Gasteiger partial charge >= 0.3 is 0 Å². The van der Waals surface area contributed by atoms with Crippen molar-refractivity contribution >= 4 is 84.8 Å². The normalized spacial score (nSPS) is 13.3. The quantitative estimate of drug-likeness (QED) is 0.167. The van der Waals surface area contributed by atoms with Crippen molar-refractivity contribution in [3.63, 3.8) is 0 Å². The predicted octanol–water partition coefficient (Wildman–Crippen LogP) is 16.8. The molecule has 1 aliphatic rings. The zero-order chi connectivity index (χ0) is 39.7. The van der Waals surface area contributed by atoms with Crippen LogP contribution in [0.3, 0.4) is 0 Å². The van der Waals surface area contributed by atoms with Gasteiger partial charge in [-0.2, -0.15) is 0 Å². The average molecular weight is 800 g/mol. The maximum absolute atomic E-state index is 2.42. The number of hydrogen-bond acceptors (Lipinski definition) is 2. The lowest BCUT2D eigenvalue weighted by Crippen LogP contribution is -2.14. The highest BCUT2D eigenvalue weighted by Gasteiger charge is 2.36. The summed E-state index contributed by atoms with van der Waals surface area (Å²) in [6.07, 6.45) is 0. The second-order valence-corrected chi connectivity index (χ2v) is 18.9. The minimum absolute atomic E-state index is 0.00891. The van der Waals surface area contributed by atoms with Gasteiger partial charge < -0.3 is 4.57 Å². The highest BCUT2D eigenvalue weighted by molar-refractivity contribution is 7.27. The minimum atomic E-state index is -0.00891. The Hall–Kier alpha value is -6.78. The van der Waals surface area contributed by atoms with Crippen molar-refractivity contribution in [3.8, 4) is 50.2 Å². The molecule has 0 bridgehead atoms. The van der Waals surface area contributed by atoms with Crippen LogP contribution in [0.5, 0.6) is 0 Å². The number of fused-ring (bicyclic) bond motifs is 13. The molecule has 282 valence electrons. The number of aromatic nitrogens is 1. The molecule has 12 aromatic rings. The molecule has 0 atom stereocenters. The van der Waals surface area contributed by atoms with E-state index in [-0.39, 0.29) is 5.41 Å². The largest absolute Gasteiger partial charge is 0.309 e. The number of nitrogens with zero attached hydrogens (tertiary/aromatic N) is 1. The van der Waals surface area contributed by atoms with Crippen LogP contribution in [0.25, 0.3) is 112 Å². The van der Waals surface area contributed by atoms with E-state index in [0.717, 1.165) is 0 Å².